The molecule has 0 spiro atoms. The van der Waals surface area contributed by atoms with Crippen LogP contribution in [0, 0.1) is 11.2 Å². The van der Waals surface area contributed by atoms with Crippen molar-refractivity contribution in [1.29, 1.82) is 5.41 Å². The first-order valence-electron chi connectivity index (χ1n) is 9.82. The molecule has 0 aromatic heterocycles. The molecule has 2 aromatic rings. The molecule has 7 nitrogen and oxygen atoms in total. The van der Waals surface area contributed by atoms with E-state index in [1.54, 1.807) is 24.3 Å². The summed E-state index contributed by atoms with van der Waals surface area (Å²) in [6.45, 7) is 1.02. The molecule has 1 fully saturated rings. The quantitative estimate of drug-likeness (QED) is 0.381. The average Bonchev–Trinajstić information content (AvgIpc) is 3.12. The van der Waals surface area contributed by atoms with Crippen LogP contribution in [0.5, 0.6) is 5.75 Å². The van der Waals surface area contributed by atoms with Crippen LogP contribution in [0.15, 0.2) is 54.3 Å². The number of benzene rings is 2. The number of aliphatic hydroxyl groups excluding tert-OH is 1. The number of ether oxygens (including phenoxy) is 1. The van der Waals surface area contributed by atoms with E-state index in [0.29, 0.717) is 22.4 Å². The van der Waals surface area contributed by atoms with Gasteiger partial charge in [0.2, 0.25) is 0 Å². The minimum atomic E-state index is -4.57. The molecule has 2 aromatic carbocycles. The van der Waals surface area contributed by atoms with Gasteiger partial charge in [-0.05, 0) is 36.2 Å². The average molecular weight is 466 g/mol. The lowest BCUT2D eigenvalue weighted by Crippen LogP contribution is -2.49. The Labute approximate surface area is 187 Å². The topological polar surface area (TPSA) is 97.7 Å². The van der Waals surface area contributed by atoms with Gasteiger partial charge in [-0.2, -0.15) is 13.2 Å². The summed E-state index contributed by atoms with van der Waals surface area (Å²) in [7, 11) is 1.37. The van der Waals surface area contributed by atoms with Gasteiger partial charge in [0.25, 0.3) is 5.91 Å². The van der Waals surface area contributed by atoms with Gasteiger partial charge in [-0.1, -0.05) is 24.3 Å². The molecule has 3 rings (SSSR count). The number of hydrogen-bond donors (Lipinski definition) is 4. The van der Waals surface area contributed by atoms with Gasteiger partial charge in [0.1, 0.15) is 23.4 Å². The van der Waals surface area contributed by atoms with E-state index in [9.17, 15) is 27.5 Å². The van der Waals surface area contributed by atoms with Crippen LogP contribution in [-0.2, 0) is 6.54 Å². The van der Waals surface area contributed by atoms with Crippen LogP contribution in [-0.4, -0.2) is 41.2 Å². The number of aliphatic hydroxyl groups is 1. The van der Waals surface area contributed by atoms with Gasteiger partial charge in [0.05, 0.1) is 30.6 Å². The molecule has 1 aliphatic rings. The molecule has 33 heavy (non-hydrogen) atoms. The van der Waals surface area contributed by atoms with E-state index in [1.165, 1.54) is 19.2 Å². The number of amidine groups is 1. The monoisotopic (exact) mass is 466 g/mol. The van der Waals surface area contributed by atoms with Crippen molar-refractivity contribution in [2.45, 2.75) is 31.7 Å². The zero-order valence-corrected chi connectivity index (χ0v) is 17.7. The molecular weight excluding hydrogens is 444 g/mol. The maximum atomic E-state index is 13.5. The van der Waals surface area contributed by atoms with E-state index in [0.717, 1.165) is 13.0 Å². The Morgan fingerprint density at radius 3 is 2.55 bits per heavy atom. The second-order valence-electron chi connectivity index (χ2n) is 7.35. The van der Waals surface area contributed by atoms with Crippen molar-refractivity contribution < 1.29 is 32.2 Å². The molecule has 2 atom stereocenters. The van der Waals surface area contributed by atoms with Crippen LogP contribution in [0.25, 0.3) is 0 Å². The zero-order chi connectivity index (χ0) is 24.3. The summed E-state index contributed by atoms with van der Waals surface area (Å²) in [5.41, 5.74) is 3.83. The number of halogens is 4. The minimum absolute atomic E-state index is 0.00893. The summed E-state index contributed by atoms with van der Waals surface area (Å²) in [6.07, 6.45) is -3.95. The molecule has 176 valence electrons. The SMILES string of the molecule is COc1ccc(F)cc1C(=O)NCc1ccc(C2NN(C(C)C(F)(F)F)C(=N)C2=CO)cc1. The number of amides is 1. The number of hydrazine groups is 1. The second kappa shape index (κ2) is 9.49. The molecule has 0 bridgehead atoms. The third-order valence-electron chi connectivity index (χ3n) is 5.27. The van der Waals surface area contributed by atoms with Gasteiger partial charge < -0.3 is 15.2 Å². The van der Waals surface area contributed by atoms with E-state index < -0.39 is 35.8 Å². The summed E-state index contributed by atoms with van der Waals surface area (Å²) in [5.74, 6) is -1.38. The Morgan fingerprint density at radius 1 is 1.30 bits per heavy atom. The van der Waals surface area contributed by atoms with Crippen LogP contribution in [0.4, 0.5) is 17.6 Å². The van der Waals surface area contributed by atoms with Crippen LogP contribution in [0.1, 0.15) is 34.5 Å². The number of carbonyl (C=O) groups excluding carboxylic acids is 1. The molecule has 1 aliphatic heterocycles. The molecule has 0 radical (unpaired) electrons. The molecule has 0 saturated carbocycles. The fraction of sp³-hybridized carbons (Fsp3) is 0.273. The zero-order valence-electron chi connectivity index (χ0n) is 17.7. The Kier molecular flexibility index (Phi) is 6.92. The van der Waals surface area contributed by atoms with Crippen LogP contribution in [0.2, 0.25) is 0 Å². The first-order chi connectivity index (χ1) is 15.6. The fourth-order valence-electron chi connectivity index (χ4n) is 3.35. The van der Waals surface area contributed by atoms with Crippen molar-refractivity contribution in [3.05, 3.63) is 76.8 Å². The summed E-state index contributed by atoms with van der Waals surface area (Å²) in [5, 5.41) is 20.8. The van der Waals surface area contributed by atoms with Crippen molar-refractivity contribution >= 4 is 11.7 Å². The molecule has 2 unspecified atom stereocenters. The highest BCUT2D eigenvalue weighted by Gasteiger charge is 2.46. The number of alkyl halides is 3. The number of nitrogens with one attached hydrogen (secondary N) is 3. The third-order valence-corrected chi connectivity index (χ3v) is 5.27. The normalized spacial score (nSPS) is 18.5. The molecule has 0 aliphatic carbocycles. The van der Waals surface area contributed by atoms with Gasteiger partial charge in [-0.25, -0.2) is 9.82 Å². The Bertz CT molecular complexity index is 1070. The lowest BCUT2D eigenvalue weighted by molar-refractivity contribution is -0.173. The minimum Gasteiger partial charge on any atom is -0.515 e. The van der Waals surface area contributed by atoms with Crippen molar-refractivity contribution in [2.24, 2.45) is 0 Å². The number of rotatable bonds is 6. The highest BCUT2D eigenvalue weighted by Crippen LogP contribution is 2.34. The highest BCUT2D eigenvalue weighted by atomic mass is 19.4. The summed E-state index contributed by atoms with van der Waals surface area (Å²) in [4.78, 5) is 12.4. The second-order valence-corrected chi connectivity index (χ2v) is 7.35. The van der Waals surface area contributed by atoms with E-state index in [-0.39, 0.29) is 23.4 Å². The van der Waals surface area contributed by atoms with Gasteiger partial charge in [0.15, 0.2) is 0 Å². The standard InChI is InChI=1S/C22H22F4N4O3/c1-12(22(24,25)26)30-20(27)17(11-31)19(29-30)14-5-3-13(4-6-14)10-28-21(32)16-9-15(23)7-8-18(16)33-2/h3-9,11-12,19,27,29,31H,10H2,1-2H3,(H,28,32). The molecule has 1 amide bonds. The van der Waals surface area contributed by atoms with Crippen LogP contribution in [0.3, 0.4) is 0 Å². The van der Waals surface area contributed by atoms with Crippen LogP contribution < -0.4 is 15.5 Å². The third kappa shape index (κ3) is 5.08. The Balaban J connectivity index is 1.71. The predicted octanol–water partition coefficient (Wildman–Crippen LogP) is 4.00. The van der Waals surface area contributed by atoms with Gasteiger partial charge >= 0.3 is 6.18 Å². The van der Waals surface area contributed by atoms with E-state index in [4.69, 9.17) is 10.1 Å². The van der Waals surface area contributed by atoms with E-state index in [2.05, 4.69) is 10.7 Å². The van der Waals surface area contributed by atoms with Gasteiger partial charge in [-0.15, -0.1) is 0 Å². The number of hydrogen-bond acceptors (Lipinski definition) is 5. The fourth-order valence-corrected chi connectivity index (χ4v) is 3.35. The maximum Gasteiger partial charge on any atom is 0.410 e. The van der Waals surface area contributed by atoms with Crippen LogP contribution >= 0.6 is 0 Å². The van der Waals surface area contributed by atoms with Crippen molar-refractivity contribution in [3.63, 3.8) is 0 Å². The maximum absolute atomic E-state index is 13.5. The smallest absolute Gasteiger partial charge is 0.410 e. The number of carbonyl (C=O) groups is 1. The first-order valence-corrected chi connectivity index (χ1v) is 9.82. The van der Waals surface area contributed by atoms with Gasteiger partial charge in [-0.3, -0.25) is 15.2 Å². The molecule has 4 N–H and O–H groups in total. The first kappa shape index (κ1) is 24.1. The summed E-state index contributed by atoms with van der Waals surface area (Å²) >= 11 is 0. The Hall–Kier alpha value is -3.60. The largest absolute Gasteiger partial charge is 0.515 e. The summed E-state index contributed by atoms with van der Waals surface area (Å²) < 4.78 is 57.9. The predicted molar refractivity (Wildman–Crippen MR) is 112 cm³/mol. The molecule has 1 heterocycles. The lowest BCUT2D eigenvalue weighted by atomic mass is 9.99. The highest BCUT2D eigenvalue weighted by molar-refractivity contribution is 5.99. The molecule has 11 heteroatoms. The van der Waals surface area contributed by atoms with E-state index in [1.807, 2.05) is 0 Å². The van der Waals surface area contributed by atoms with Crippen molar-refractivity contribution in [1.82, 2.24) is 15.8 Å². The van der Waals surface area contributed by atoms with Gasteiger partial charge in [0, 0.05) is 6.54 Å². The lowest BCUT2D eigenvalue weighted by Gasteiger charge is -2.28. The molecular formula is C22H22F4N4O3. The number of nitrogens with zero attached hydrogens (tertiary/aromatic N) is 1. The summed E-state index contributed by atoms with van der Waals surface area (Å²) in [6, 6.07) is 7.28. The number of methoxy groups -OCH3 is 1. The van der Waals surface area contributed by atoms with Crippen molar-refractivity contribution in [3.8, 4) is 5.75 Å². The Morgan fingerprint density at radius 2 is 1.97 bits per heavy atom. The molecule has 1 saturated heterocycles. The van der Waals surface area contributed by atoms with E-state index >= 15 is 0 Å². The van der Waals surface area contributed by atoms with Crippen molar-refractivity contribution in [2.75, 3.05) is 7.11 Å².